The molecule has 4 nitrogen and oxygen atoms in total. The first-order valence-electron chi connectivity index (χ1n) is 5.64. The normalized spacial score (nSPS) is 11.0. The van der Waals surface area contributed by atoms with E-state index in [1.165, 1.54) is 12.1 Å². The maximum absolute atomic E-state index is 12.6. The van der Waals surface area contributed by atoms with Gasteiger partial charge < -0.3 is 4.74 Å². The number of aromatic nitrogens is 2. The van der Waals surface area contributed by atoms with E-state index in [2.05, 4.69) is 9.97 Å². The quantitative estimate of drug-likeness (QED) is 0.803. The minimum atomic E-state index is -4.64. The molecular weight excluding hydrogens is 307 g/mol. The second kappa shape index (κ2) is 5.97. The van der Waals surface area contributed by atoms with Crippen molar-refractivity contribution in [2.75, 3.05) is 0 Å². The smallest absolute Gasteiger partial charge is 0.433 e. The van der Waals surface area contributed by atoms with Gasteiger partial charge in [0.2, 0.25) is 11.2 Å². The fraction of sp³-hybridized carbons (Fsp3) is 0.154. The number of rotatable bonds is 3. The average molecular weight is 314 g/mol. The van der Waals surface area contributed by atoms with E-state index in [1.54, 1.807) is 12.1 Å². The van der Waals surface area contributed by atoms with Crippen molar-refractivity contribution in [2.45, 2.75) is 12.6 Å². The monoisotopic (exact) mass is 313 g/mol. The summed E-state index contributed by atoms with van der Waals surface area (Å²) < 4.78 is 43.0. The summed E-state index contributed by atoms with van der Waals surface area (Å²) >= 11 is 5.45. The van der Waals surface area contributed by atoms with Crippen molar-refractivity contribution in [1.29, 1.82) is 5.26 Å². The number of benzene rings is 1. The van der Waals surface area contributed by atoms with Crippen molar-refractivity contribution in [3.63, 3.8) is 0 Å². The Morgan fingerprint density at radius 2 is 1.86 bits per heavy atom. The van der Waals surface area contributed by atoms with Gasteiger partial charge in [-0.15, -0.1) is 0 Å². The highest BCUT2D eigenvalue weighted by Gasteiger charge is 2.33. The maximum atomic E-state index is 12.6. The molecule has 0 saturated heterocycles. The van der Waals surface area contributed by atoms with Gasteiger partial charge in [-0.25, -0.2) is 4.98 Å². The first-order chi connectivity index (χ1) is 9.88. The molecule has 0 radical (unpaired) electrons. The summed E-state index contributed by atoms with van der Waals surface area (Å²) in [6, 6.07) is 8.95. The van der Waals surface area contributed by atoms with Gasteiger partial charge in [0, 0.05) is 6.07 Å². The lowest BCUT2D eigenvalue weighted by molar-refractivity contribution is -0.141. The van der Waals surface area contributed by atoms with E-state index in [4.69, 9.17) is 21.6 Å². The number of hydrogen-bond acceptors (Lipinski definition) is 4. The first-order valence-corrected chi connectivity index (χ1v) is 6.02. The van der Waals surface area contributed by atoms with Crippen molar-refractivity contribution in [3.05, 3.63) is 46.9 Å². The summed E-state index contributed by atoms with van der Waals surface area (Å²) in [5.74, 6) is -0.0325. The number of ether oxygens (including phenoxy) is 1. The van der Waals surface area contributed by atoms with E-state index in [-0.39, 0.29) is 18.1 Å². The third-order valence-electron chi connectivity index (χ3n) is 2.39. The zero-order valence-electron chi connectivity index (χ0n) is 10.4. The van der Waals surface area contributed by atoms with Crippen LogP contribution >= 0.6 is 11.6 Å². The van der Waals surface area contributed by atoms with Gasteiger partial charge in [-0.2, -0.15) is 23.4 Å². The molecule has 1 aromatic carbocycles. The van der Waals surface area contributed by atoms with E-state index >= 15 is 0 Å². The van der Waals surface area contributed by atoms with Crippen molar-refractivity contribution in [2.24, 2.45) is 0 Å². The van der Waals surface area contributed by atoms with E-state index in [0.717, 1.165) is 5.56 Å². The molecule has 0 aliphatic rings. The highest BCUT2D eigenvalue weighted by molar-refractivity contribution is 6.28. The van der Waals surface area contributed by atoms with Gasteiger partial charge in [-0.1, -0.05) is 12.1 Å². The summed E-state index contributed by atoms with van der Waals surface area (Å²) in [6.07, 6.45) is -4.40. The molecule has 0 unspecified atom stereocenters. The summed E-state index contributed by atoms with van der Waals surface area (Å²) in [6.45, 7) is 0. The molecule has 0 aliphatic carbocycles. The number of hydrogen-bond donors (Lipinski definition) is 0. The molecule has 0 spiro atoms. The van der Waals surface area contributed by atoms with E-state index in [1.807, 2.05) is 6.07 Å². The lowest BCUT2D eigenvalue weighted by Gasteiger charge is -2.09. The zero-order valence-corrected chi connectivity index (χ0v) is 11.1. The Labute approximate surface area is 122 Å². The molecule has 8 heteroatoms. The van der Waals surface area contributed by atoms with Crippen LogP contribution in [0.25, 0.3) is 0 Å². The number of alkyl halides is 3. The minimum absolute atomic E-state index is 0.234. The lowest BCUT2D eigenvalue weighted by Crippen LogP contribution is -2.09. The van der Waals surface area contributed by atoms with Gasteiger partial charge in [-0.05, 0) is 29.3 Å². The van der Waals surface area contributed by atoms with Crippen LogP contribution in [0.15, 0.2) is 30.3 Å². The summed E-state index contributed by atoms with van der Waals surface area (Å²) in [5.41, 5.74) is -0.417. The Balaban J connectivity index is 2.23. The number of nitrogens with zero attached hydrogens (tertiary/aromatic N) is 3. The van der Waals surface area contributed by atoms with E-state index < -0.39 is 17.2 Å². The average Bonchev–Trinajstić information content (AvgIpc) is 2.40. The van der Waals surface area contributed by atoms with Crippen LogP contribution < -0.4 is 4.74 Å². The third-order valence-corrected chi connectivity index (χ3v) is 2.56. The van der Waals surface area contributed by atoms with Gasteiger partial charge in [0.25, 0.3) is 0 Å². The molecule has 1 heterocycles. The highest BCUT2D eigenvalue weighted by Crippen LogP contribution is 2.31. The molecule has 0 N–H and O–H groups in total. The lowest BCUT2D eigenvalue weighted by atomic mass is 10.2. The van der Waals surface area contributed by atoms with Crippen molar-refractivity contribution < 1.29 is 17.9 Å². The van der Waals surface area contributed by atoms with E-state index in [9.17, 15) is 13.2 Å². The Kier molecular flexibility index (Phi) is 4.29. The van der Waals surface area contributed by atoms with Crippen molar-refractivity contribution in [1.82, 2.24) is 9.97 Å². The Morgan fingerprint density at radius 1 is 1.19 bits per heavy atom. The Morgan fingerprint density at radius 3 is 2.43 bits per heavy atom. The molecule has 108 valence electrons. The highest BCUT2D eigenvalue weighted by atomic mass is 35.5. The third kappa shape index (κ3) is 4.07. The fourth-order valence-electron chi connectivity index (χ4n) is 1.48. The second-order valence-corrected chi connectivity index (χ2v) is 4.28. The van der Waals surface area contributed by atoms with Gasteiger partial charge in [0.1, 0.15) is 5.75 Å². The maximum Gasteiger partial charge on any atom is 0.433 e. The van der Waals surface area contributed by atoms with Crippen LogP contribution in [-0.4, -0.2) is 9.97 Å². The summed E-state index contributed by atoms with van der Waals surface area (Å²) in [5, 5.41) is 7.99. The van der Waals surface area contributed by atoms with Crippen LogP contribution in [0.1, 0.15) is 11.3 Å². The van der Waals surface area contributed by atoms with E-state index in [0.29, 0.717) is 6.07 Å². The van der Waals surface area contributed by atoms with Crippen molar-refractivity contribution >= 4 is 11.6 Å². The molecule has 0 bridgehead atoms. The molecule has 0 saturated carbocycles. The van der Waals surface area contributed by atoms with Gasteiger partial charge in [0.15, 0.2) is 5.69 Å². The molecular formula is C13H7ClF3N3O. The van der Waals surface area contributed by atoms with Crippen LogP contribution in [0.4, 0.5) is 13.2 Å². The molecule has 0 amide bonds. The topological polar surface area (TPSA) is 58.8 Å². The number of halogens is 4. The van der Waals surface area contributed by atoms with Gasteiger partial charge in [0.05, 0.1) is 12.5 Å². The van der Waals surface area contributed by atoms with Crippen LogP contribution in [0, 0.1) is 11.3 Å². The van der Waals surface area contributed by atoms with Crippen LogP contribution in [0.3, 0.4) is 0 Å². The predicted molar refractivity (Wildman–Crippen MR) is 67.9 cm³/mol. The molecule has 2 aromatic rings. The van der Waals surface area contributed by atoms with Crippen LogP contribution in [-0.2, 0) is 12.6 Å². The van der Waals surface area contributed by atoms with Gasteiger partial charge >= 0.3 is 6.18 Å². The molecule has 2 rings (SSSR count). The molecule has 0 aliphatic heterocycles. The largest absolute Gasteiger partial charge is 0.439 e. The molecule has 1 aromatic heterocycles. The van der Waals surface area contributed by atoms with Gasteiger partial charge in [-0.3, -0.25) is 0 Å². The first kappa shape index (κ1) is 15.1. The Hall–Kier alpha value is -2.33. The fourth-order valence-corrected chi connectivity index (χ4v) is 1.66. The number of nitriles is 1. The standard InChI is InChI=1S/C13H7ClF3N3O/c14-12-19-10(13(15,16)17)7-11(20-12)21-9-3-1-8(2-4-9)5-6-18/h1-4,7H,5H2. The van der Waals surface area contributed by atoms with Crippen molar-refractivity contribution in [3.8, 4) is 17.7 Å². The second-order valence-electron chi connectivity index (χ2n) is 3.94. The SMILES string of the molecule is N#CCc1ccc(Oc2cc(C(F)(F)F)nc(Cl)n2)cc1. The Bertz CT molecular complexity index is 681. The molecule has 0 atom stereocenters. The molecule has 21 heavy (non-hydrogen) atoms. The van der Waals surface area contributed by atoms with Crippen LogP contribution in [0.2, 0.25) is 5.28 Å². The minimum Gasteiger partial charge on any atom is -0.439 e. The zero-order chi connectivity index (χ0) is 15.5. The van der Waals surface area contributed by atoms with Crippen LogP contribution in [0.5, 0.6) is 11.6 Å². The summed E-state index contributed by atoms with van der Waals surface area (Å²) in [7, 11) is 0. The summed E-state index contributed by atoms with van der Waals surface area (Å²) in [4.78, 5) is 6.68. The molecule has 0 fully saturated rings. The predicted octanol–water partition coefficient (Wildman–Crippen LogP) is 4.01.